The number of amides is 2. The lowest BCUT2D eigenvalue weighted by molar-refractivity contribution is -0.132. The van der Waals surface area contributed by atoms with Crippen molar-refractivity contribution in [2.45, 2.75) is 50.2 Å². The molecule has 1 aromatic rings. The van der Waals surface area contributed by atoms with E-state index in [-0.39, 0.29) is 43.0 Å². The number of rotatable bonds is 5. The Bertz CT molecular complexity index is 599. The van der Waals surface area contributed by atoms with Crippen molar-refractivity contribution in [2.75, 3.05) is 13.6 Å². The van der Waals surface area contributed by atoms with Gasteiger partial charge in [-0.15, -0.1) is 12.4 Å². The molecule has 2 amide bonds. The molecule has 0 spiro atoms. The van der Waals surface area contributed by atoms with Gasteiger partial charge in [0, 0.05) is 43.7 Å². The maximum atomic E-state index is 12.8. The Morgan fingerprint density at radius 1 is 1.20 bits per heavy atom. The predicted octanol–water partition coefficient (Wildman–Crippen LogP) is 2.11. The normalized spacial score (nSPS) is 24.3. The van der Waals surface area contributed by atoms with E-state index in [1.54, 1.807) is 0 Å². The molecular weight excluding hydrogens is 345 g/mol. The first-order valence-electron chi connectivity index (χ1n) is 8.58. The van der Waals surface area contributed by atoms with Gasteiger partial charge in [0.15, 0.2) is 0 Å². The molecule has 0 aromatic heterocycles. The Morgan fingerprint density at radius 3 is 2.40 bits per heavy atom. The third-order valence-corrected chi connectivity index (χ3v) is 5.12. The largest absolute Gasteiger partial charge is 0.352 e. The molecule has 0 saturated carbocycles. The molecule has 25 heavy (non-hydrogen) atoms. The van der Waals surface area contributed by atoms with Crippen LogP contribution >= 0.6 is 12.4 Å². The molecule has 138 valence electrons. The van der Waals surface area contributed by atoms with Crippen molar-refractivity contribution in [1.82, 2.24) is 15.5 Å². The summed E-state index contributed by atoms with van der Waals surface area (Å²) in [6, 6.07) is 6.75. The van der Waals surface area contributed by atoms with Gasteiger partial charge >= 0.3 is 0 Å². The Hall–Kier alpha value is -1.66. The minimum absolute atomic E-state index is 0. The van der Waals surface area contributed by atoms with Crippen LogP contribution in [-0.4, -0.2) is 48.4 Å². The van der Waals surface area contributed by atoms with Gasteiger partial charge in [-0.3, -0.25) is 9.59 Å². The van der Waals surface area contributed by atoms with E-state index < -0.39 is 0 Å². The first kappa shape index (κ1) is 19.7. The first-order chi connectivity index (χ1) is 11.5. The van der Waals surface area contributed by atoms with Crippen LogP contribution in [0.5, 0.6) is 0 Å². The molecule has 0 aliphatic carbocycles. The molecule has 2 N–H and O–H groups in total. The van der Waals surface area contributed by atoms with Crippen LogP contribution in [0, 0.1) is 5.82 Å². The van der Waals surface area contributed by atoms with Crippen LogP contribution in [0.15, 0.2) is 24.3 Å². The Balaban J connectivity index is 0.00000225. The van der Waals surface area contributed by atoms with Gasteiger partial charge in [0.2, 0.25) is 5.91 Å². The van der Waals surface area contributed by atoms with Crippen LogP contribution in [0.2, 0.25) is 0 Å². The van der Waals surface area contributed by atoms with Crippen molar-refractivity contribution in [3.05, 3.63) is 35.6 Å². The maximum Gasteiger partial charge on any atom is 0.251 e. The first-order valence-corrected chi connectivity index (χ1v) is 8.58. The lowest BCUT2D eigenvalue weighted by Crippen LogP contribution is -2.49. The number of benzene rings is 1. The smallest absolute Gasteiger partial charge is 0.251 e. The van der Waals surface area contributed by atoms with Gasteiger partial charge in [-0.2, -0.15) is 0 Å². The van der Waals surface area contributed by atoms with Crippen LogP contribution in [0.25, 0.3) is 0 Å². The van der Waals surface area contributed by atoms with Crippen LogP contribution in [0.1, 0.15) is 42.5 Å². The van der Waals surface area contributed by atoms with E-state index in [1.807, 2.05) is 11.9 Å². The van der Waals surface area contributed by atoms with E-state index in [0.717, 1.165) is 12.8 Å². The minimum atomic E-state index is -0.376. The van der Waals surface area contributed by atoms with E-state index in [0.29, 0.717) is 23.7 Å². The van der Waals surface area contributed by atoms with Crippen molar-refractivity contribution in [2.24, 2.45) is 0 Å². The van der Waals surface area contributed by atoms with Crippen molar-refractivity contribution in [1.29, 1.82) is 0 Å². The summed E-state index contributed by atoms with van der Waals surface area (Å²) in [6.07, 6.45) is 4.72. The standard InChI is InChI=1S/C18H24FN3O2.ClH/c1-22(16-10-14-6-7-15(11-16)21-14)17(23)8-9-20-18(24)12-2-4-13(19)5-3-12;/h2-5,14-16,21H,6-11H2,1H3,(H,20,24);1H. The van der Waals surface area contributed by atoms with Gasteiger partial charge < -0.3 is 15.5 Å². The lowest BCUT2D eigenvalue weighted by Gasteiger charge is -2.35. The number of carbonyl (C=O) groups excluding carboxylic acids is 2. The molecule has 2 heterocycles. The van der Waals surface area contributed by atoms with E-state index in [2.05, 4.69) is 10.6 Å². The van der Waals surface area contributed by atoms with E-state index in [9.17, 15) is 14.0 Å². The Labute approximate surface area is 153 Å². The Morgan fingerprint density at radius 2 is 1.80 bits per heavy atom. The summed E-state index contributed by atoms with van der Waals surface area (Å²) >= 11 is 0. The minimum Gasteiger partial charge on any atom is -0.352 e. The fourth-order valence-corrected chi connectivity index (χ4v) is 3.71. The van der Waals surface area contributed by atoms with Gasteiger partial charge in [-0.25, -0.2) is 4.39 Å². The summed E-state index contributed by atoms with van der Waals surface area (Å²) in [5.41, 5.74) is 0.395. The summed E-state index contributed by atoms with van der Waals surface area (Å²) in [5.74, 6) is -0.606. The molecule has 2 saturated heterocycles. The molecule has 0 radical (unpaired) electrons. The highest BCUT2D eigenvalue weighted by atomic mass is 35.5. The molecule has 2 bridgehead atoms. The molecular formula is C18H25ClFN3O2. The van der Waals surface area contributed by atoms with E-state index in [1.165, 1.54) is 37.1 Å². The molecule has 2 aliphatic heterocycles. The zero-order chi connectivity index (χ0) is 17.1. The van der Waals surface area contributed by atoms with Gasteiger partial charge in [-0.1, -0.05) is 0 Å². The molecule has 7 heteroatoms. The number of nitrogens with one attached hydrogen (secondary N) is 2. The fraction of sp³-hybridized carbons (Fsp3) is 0.556. The number of fused-ring (bicyclic) bond motifs is 2. The zero-order valence-corrected chi connectivity index (χ0v) is 15.2. The Kier molecular flexibility index (Phi) is 6.79. The molecule has 1 aromatic carbocycles. The molecule has 2 aliphatic rings. The second-order valence-corrected chi connectivity index (χ2v) is 6.78. The van der Waals surface area contributed by atoms with Gasteiger partial charge in [0.25, 0.3) is 5.91 Å². The number of piperidine rings is 1. The molecule has 3 rings (SSSR count). The predicted molar refractivity (Wildman–Crippen MR) is 96.3 cm³/mol. The average Bonchev–Trinajstić information content (AvgIpc) is 2.92. The third-order valence-electron chi connectivity index (χ3n) is 5.12. The van der Waals surface area contributed by atoms with Gasteiger partial charge in [-0.05, 0) is 49.9 Å². The van der Waals surface area contributed by atoms with E-state index in [4.69, 9.17) is 0 Å². The molecule has 2 fully saturated rings. The summed E-state index contributed by atoms with van der Waals surface area (Å²) in [4.78, 5) is 26.1. The number of nitrogens with zero attached hydrogens (tertiary/aromatic N) is 1. The SMILES string of the molecule is CN(C(=O)CCNC(=O)c1ccc(F)cc1)C1CC2CCC(C1)N2.Cl. The quantitative estimate of drug-likeness (QED) is 0.835. The summed E-state index contributed by atoms with van der Waals surface area (Å²) in [7, 11) is 1.86. The van der Waals surface area contributed by atoms with Gasteiger partial charge in [0.1, 0.15) is 5.82 Å². The summed E-state index contributed by atoms with van der Waals surface area (Å²) in [5, 5.41) is 6.29. The van der Waals surface area contributed by atoms with Crippen LogP contribution in [0.4, 0.5) is 4.39 Å². The monoisotopic (exact) mass is 369 g/mol. The van der Waals surface area contributed by atoms with Crippen molar-refractivity contribution in [3.8, 4) is 0 Å². The van der Waals surface area contributed by atoms with Crippen LogP contribution in [-0.2, 0) is 4.79 Å². The number of hydrogen-bond acceptors (Lipinski definition) is 3. The van der Waals surface area contributed by atoms with Crippen molar-refractivity contribution >= 4 is 24.2 Å². The van der Waals surface area contributed by atoms with Crippen LogP contribution in [0.3, 0.4) is 0 Å². The highest BCUT2D eigenvalue weighted by molar-refractivity contribution is 5.94. The van der Waals surface area contributed by atoms with Crippen LogP contribution < -0.4 is 10.6 Å². The number of halogens is 2. The van der Waals surface area contributed by atoms with Crippen molar-refractivity contribution < 1.29 is 14.0 Å². The summed E-state index contributed by atoms with van der Waals surface area (Å²) < 4.78 is 12.8. The topological polar surface area (TPSA) is 61.4 Å². The zero-order valence-electron chi connectivity index (χ0n) is 14.3. The number of hydrogen-bond donors (Lipinski definition) is 2. The second-order valence-electron chi connectivity index (χ2n) is 6.78. The highest BCUT2D eigenvalue weighted by Crippen LogP contribution is 2.29. The van der Waals surface area contributed by atoms with E-state index >= 15 is 0 Å². The average molecular weight is 370 g/mol. The highest BCUT2D eigenvalue weighted by Gasteiger charge is 2.36. The fourth-order valence-electron chi connectivity index (χ4n) is 3.71. The molecule has 2 atom stereocenters. The maximum absolute atomic E-state index is 12.8. The number of carbonyl (C=O) groups is 2. The molecule has 5 nitrogen and oxygen atoms in total. The lowest BCUT2D eigenvalue weighted by atomic mass is 9.98. The second kappa shape index (κ2) is 8.63. The third kappa shape index (κ3) is 4.92. The van der Waals surface area contributed by atoms with Gasteiger partial charge in [0.05, 0.1) is 0 Å². The summed E-state index contributed by atoms with van der Waals surface area (Å²) in [6.45, 7) is 0.289. The van der Waals surface area contributed by atoms with Crippen molar-refractivity contribution in [3.63, 3.8) is 0 Å². The molecule has 2 unspecified atom stereocenters.